The number of hydrogen-bond donors (Lipinski definition) is 2. The molecular weight excluding hydrogens is 236 g/mol. The van der Waals surface area contributed by atoms with Gasteiger partial charge in [-0.3, -0.25) is 0 Å². The minimum atomic E-state index is 0.151. The van der Waals surface area contributed by atoms with Gasteiger partial charge in [-0.15, -0.1) is 0 Å². The molecule has 0 aliphatic carbocycles. The average molecular weight is 256 g/mol. The van der Waals surface area contributed by atoms with E-state index in [-0.39, 0.29) is 11.5 Å². The van der Waals surface area contributed by atoms with Crippen LogP contribution in [0.5, 0.6) is 5.75 Å². The highest BCUT2D eigenvalue weighted by atomic mass is 16.5. The fourth-order valence-electron chi connectivity index (χ4n) is 2.37. The van der Waals surface area contributed by atoms with Crippen LogP contribution in [0.4, 0.5) is 5.69 Å². The van der Waals surface area contributed by atoms with Crippen LogP contribution in [0.1, 0.15) is 37.9 Å². The van der Waals surface area contributed by atoms with Crippen molar-refractivity contribution in [1.29, 1.82) is 0 Å². The van der Waals surface area contributed by atoms with Gasteiger partial charge in [-0.25, -0.2) is 0 Å². The Kier molecular flexibility index (Phi) is 2.77. The molecule has 1 atom stereocenters. The summed E-state index contributed by atoms with van der Waals surface area (Å²) in [4.78, 5) is 3.09. The number of fused-ring (bicyclic) bond motifs is 1. The maximum Gasteiger partial charge on any atom is 0.142 e. The fraction of sp³-hybridized carbons (Fsp3) is 0.375. The van der Waals surface area contributed by atoms with E-state index in [0.717, 1.165) is 11.4 Å². The van der Waals surface area contributed by atoms with Crippen LogP contribution >= 0.6 is 0 Å². The molecule has 2 heterocycles. The Hall–Kier alpha value is -1.90. The molecule has 3 nitrogen and oxygen atoms in total. The van der Waals surface area contributed by atoms with Gasteiger partial charge in [-0.05, 0) is 34.7 Å². The second-order valence-corrected chi connectivity index (χ2v) is 6.11. The maximum atomic E-state index is 5.85. The summed E-state index contributed by atoms with van der Waals surface area (Å²) >= 11 is 0. The predicted octanol–water partition coefficient (Wildman–Crippen LogP) is 3.86. The van der Waals surface area contributed by atoms with Crippen molar-refractivity contribution in [2.45, 2.75) is 32.2 Å². The summed E-state index contributed by atoms with van der Waals surface area (Å²) in [5, 5.41) is 3.57. The molecule has 1 aliphatic heterocycles. The SMILES string of the molecule is CC(C)(C)c1ccc2c(c1)NC(c1cc[nH]c1)CO2. The van der Waals surface area contributed by atoms with Crippen molar-refractivity contribution >= 4 is 5.69 Å². The van der Waals surface area contributed by atoms with Gasteiger partial charge in [0.05, 0.1) is 11.7 Å². The number of aromatic nitrogens is 1. The molecule has 0 saturated heterocycles. The van der Waals surface area contributed by atoms with Crippen molar-refractivity contribution in [3.05, 3.63) is 47.8 Å². The van der Waals surface area contributed by atoms with Crippen molar-refractivity contribution in [3.63, 3.8) is 0 Å². The van der Waals surface area contributed by atoms with E-state index < -0.39 is 0 Å². The van der Waals surface area contributed by atoms with Crippen molar-refractivity contribution in [2.75, 3.05) is 11.9 Å². The minimum Gasteiger partial charge on any atom is -0.489 e. The van der Waals surface area contributed by atoms with Crippen molar-refractivity contribution in [1.82, 2.24) is 4.98 Å². The highest BCUT2D eigenvalue weighted by Gasteiger charge is 2.23. The lowest BCUT2D eigenvalue weighted by molar-refractivity contribution is 0.286. The third kappa shape index (κ3) is 2.33. The first-order chi connectivity index (χ1) is 9.04. The molecule has 3 heteroatoms. The summed E-state index contributed by atoms with van der Waals surface area (Å²) in [6, 6.07) is 8.72. The first kappa shape index (κ1) is 12.2. The van der Waals surface area contributed by atoms with Crippen LogP contribution in [-0.4, -0.2) is 11.6 Å². The van der Waals surface area contributed by atoms with Crippen LogP contribution in [0.2, 0.25) is 0 Å². The molecule has 1 aromatic carbocycles. The summed E-state index contributed by atoms with van der Waals surface area (Å²) in [7, 11) is 0. The minimum absolute atomic E-state index is 0.151. The van der Waals surface area contributed by atoms with E-state index in [9.17, 15) is 0 Å². The molecule has 0 spiro atoms. The van der Waals surface area contributed by atoms with Crippen LogP contribution in [0.15, 0.2) is 36.7 Å². The molecule has 1 unspecified atom stereocenters. The van der Waals surface area contributed by atoms with Gasteiger partial charge in [-0.2, -0.15) is 0 Å². The Bertz CT molecular complexity index is 567. The Morgan fingerprint density at radius 3 is 2.74 bits per heavy atom. The van der Waals surface area contributed by atoms with Gasteiger partial charge in [-0.1, -0.05) is 26.8 Å². The zero-order valence-corrected chi connectivity index (χ0v) is 11.7. The molecule has 2 N–H and O–H groups in total. The van der Waals surface area contributed by atoms with Crippen LogP contribution in [0.3, 0.4) is 0 Å². The molecule has 1 aliphatic rings. The van der Waals surface area contributed by atoms with E-state index in [4.69, 9.17) is 4.74 Å². The zero-order valence-electron chi connectivity index (χ0n) is 11.7. The molecule has 3 rings (SSSR count). The van der Waals surface area contributed by atoms with E-state index in [1.807, 2.05) is 12.4 Å². The lowest BCUT2D eigenvalue weighted by Crippen LogP contribution is -2.24. The second kappa shape index (κ2) is 4.34. The first-order valence-corrected chi connectivity index (χ1v) is 6.70. The standard InChI is InChI=1S/C16H20N2O/c1-16(2,3)12-4-5-15-13(8-12)18-14(10-19-15)11-6-7-17-9-11/h4-9,14,17-18H,10H2,1-3H3. The summed E-state index contributed by atoms with van der Waals surface area (Å²) in [6.07, 6.45) is 3.96. The van der Waals surface area contributed by atoms with Gasteiger partial charge in [0.15, 0.2) is 0 Å². The first-order valence-electron chi connectivity index (χ1n) is 6.70. The lowest BCUT2D eigenvalue weighted by atomic mass is 9.86. The van der Waals surface area contributed by atoms with Gasteiger partial charge in [0.1, 0.15) is 12.4 Å². The maximum absolute atomic E-state index is 5.85. The van der Waals surface area contributed by atoms with Gasteiger partial charge in [0, 0.05) is 12.4 Å². The van der Waals surface area contributed by atoms with E-state index in [1.165, 1.54) is 11.1 Å². The smallest absolute Gasteiger partial charge is 0.142 e. The third-order valence-electron chi connectivity index (χ3n) is 3.61. The predicted molar refractivity (Wildman–Crippen MR) is 77.8 cm³/mol. The topological polar surface area (TPSA) is 37.0 Å². The molecule has 0 amide bonds. The fourth-order valence-corrected chi connectivity index (χ4v) is 2.37. The second-order valence-electron chi connectivity index (χ2n) is 6.11. The van der Waals surface area contributed by atoms with Crippen LogP contribution < -0.4 is 10.1 Å². The number of benzene rings is 1. The van der Waals surface area contributed by atoms with Crippen molar-refractivity contribution in [3.8, 4) is 5.75 Å². The molecule has 0 radical (unpaired) electrons. The largest absolute Gasteiger partial charge is 0.489 e. The van der Waals surface area contributed by atoms with E-state index in [0.29, 0.717) is 6.61 Å². The van der Waals surface area contributed by atoms with E-state index in [1.54, 1.807) is 0 Å². The van der Waals surface area contributed by atoms with Crippen LogP contribution in [0.25, 0.3) is 0 Å². The molecular formula is C16H20N2O. The molecule has 100 valence electrons. The van der Waals surface area contributed by atoms with Gasteiger partial charge in [0.2, 0.25) is 0 Å². The molecule has 0 bridgehead atoms. The highest BCUT2D eigenvalue weighted by molar-refractivity contribution is 5.61. The summed E-state index contributed by atoms with van der Waals surface area (Å²) < 4.78 is 5.85. The third-order valence-corrected chi connectivity index (χ3v) is 3.61. The Morgan fingerprint density at radius 2 is 2.05 bits per heavy atom. The number of rotatable bonds is 1. The Labute approximate surface area is 114 Å². The molecule has 19 heavy (non-hydrogen) atoms. The number of H-pyrrole nitrogens is 1. The summed E-state index contributed by atoms with van der Waals surface area (Å²) in [5.74, 6) is 0.944. The van der Waals surface area contributed by atoms with Crippen molar-refractivity contribution in [2.24, 2.45) is 0 Å². The molecule has 0 saturated carbocycles. The Morgan fingerprint density at radius 1 is 1.21 bits per heavy atom. The molecule has 1 aromatic heterocycles. The van der Waals surface area contributed by atoms with Crippen LogP contribution in [-0.2, 0) is 5.41 Å². The molecule has 2 aromatic rings. The normalized spacial score (nSPS) is 18.4. The van der Waals surface area contributed by atoms with Crippen molar-refractivity contribution < 1.29 is 4.74 Å². The number of nitrogens with one attached hydrogen (secondary N) is 2. The summed E-state index contributed by atoms with van der Waals surface area (Å²) in [5.41, 5.74) is 3.78. The van der Waals surface area contributed by atoms with Crippen LogP contribution in [0, 0.1) is 0 Å². The monoisotopic (exact) mass is 256 g/mol. The van der Waals surface area contributed by atoms with E-state index in [2.05, 4.69) is 55.3 Å². The number of ether oxygens (including phenoxy) is 1. The van der Waals surface area contributed by atoms with Gasteiger partial charge in [0.25, 0.3) is 0 Å². The average Bonchev–Trinajstić information content (AvgIpc) is 2.90. The molecule has 0 fully saturated rings. The van der Waals surface area contributed by atoms with E-state index >= 15 is 0 Å². The number of anilines is 1. The van der Waals surface area contributed by atoms with Gasteiger partial charge < -0.3 is 15.0 Å². The lowest BCUT2D eigenvalue weighted by Gasteiger charge is -2.29. The number of aromatic amines is 1. The van der Waals surface area contributed by atoms with Gasteiger partial charge >= 0.3 is 0 Å². The quantitative estimate of drug-likeness (QED) is 0.813. The summed E-state index contributed by atoms with van der Waals surface area (Å²) in [6.45, 7) is 7.34. The zero-order chi connectivity index (χ0) is 13.5. The highest BCUT2D eigenvalue weighted by Crippen LogP contribution is 2.36. The number of hydrogen-bond acceptors (Lipinski definition) is 2. The Balaban J connectivity index is 1.91.